The van der Waals surface area contributed by atoms with E-state index in [0.29, 0.717) is 19.8 Å². The number of methoxy groups -OCH3 is 1. The van der Waals surface area contributed by atoms with Gasteiger partial charge in [-0.25, -0.2) is 0 Å². The molecule has 0 aromatic rings. The van der Waals surface area contributed by atoms with Gasteiger partial charge in [-0.1, -0.05) is 0 Å². The molecule has 2 saturated heterocycles. The van der Waals surface area contributed by atoms with Gasteiger partial charge in [-0.15, -0.1) is 0 Å². The van der Waals surface area contributed by atoms with Crippen LogP contribution in [0.2, 0.25) is 0 Å². The summed E-state index contributed by atoms with van der Waals surface area (Å²) in [6, 6.07) is -0.245. The van der Waals surface area contributed by atoms with Crippen molar-refractivity contribution in [2.75, 3.05) is 46.5 Å². The standard InChI is InChI=1S/C14H27N3O3/c1-11-12(16-7-8-20-11)13(18)17-9-14(10-19-2)3-5-15-6-4-14/h11-12,15-16H,3-10H2,1-2H3,(H,17,18)/t11-,12+/m1/s1. The molecule has 2 heterocycles. The van der Waals surface area contributed by atoms with Gasteiger partial charge in [-0.3, -0.25) is 4.79 Å². The van der Waals surface area contributed by atoms with Crippen LogP contribution in [0.15, 0.2) is 0 Å². The molecule has 3 N–H and O–H groups in total. The van der Waals surface area contributed by atoms with Gasteiger partial charge in [0.2, 0.25) is 5.91 Å². The van der Waals surface area contributed by atoms with Crippen LogP contribution in [0.1, 0.15) is 19.8 Å². The smallest absolute Gasteiger partial charge is 0.239 e. The SMILES string of the molecule is COCC1(CNC(=O)[C@H]2NCCO[C@@H]2C)CCNCC1. The normalized spacial score (nSPS) is 29.9. The lowest BCUT2D eigenvalue weighted by molar-refractivity contribution is -0.129. The Balaban J connectivity index is 1.86. The highest BCUT2D eigenvalue weighted by Crippen LogP contribution is 2.28. The van der Waals surface area contributed by atoms with Crippen molar-refractivity contribution < 1.29 is 14.3 Å². The molecule has 0 aromatic heterocycles. The van der Waals surface area contributed by atoms with Crippen LogP contribution in [0.3, 0.4) is 0 Å². The Morgan fingerprint density at radius 1 is 1.40 bits per heavy atom. The summed E-state index contributed by atoms with van der Waals surface area (Å²) < 4.78 is 10.9. The number of ether oxygens (including phenoxy) is 2. The first-order valence-electron chi connectivity index (χ1n) is 7.49. The fourth-order valence-electron chi connectivity index (χ4n) is 3.05. The molecule has 0 aromatic carbocycles. The van der Waals surface area contributed by atoms with Gasteiger partial charge < -0.3 is 25.4 Å². The van der Waals surface area contributed by atoms with Crippen molar-refractivity contribution in [3.05, 3.63) is 0 Å². The molecule has 2 aliphatic heterocycles. The van der Waals surface area contributed by atoms with Gasteiger partial charge in [0.1, 0.15) is 6.04 Å². The topological polar surface area (TPSA) is 71.6 Å². The minimum Gasteiger partial charge on any atom is -0.384 e. The van der Waals surface area contributed by atoms with Crippen LogP contribution < -0.4 is 16.0 Å². The third kappa shape index (κ3) is 3.91. The van der Waals surface area contributed by atoms with Gasteiger partial charge in [0.25, 0.3) is 0 Å². The molecule has 20 heavy (non-hydrogen) atoms. The number of nitrogens with one attached hydrogen (secondary N) is 3. The highest BCUT2D eigenvalue weighted by atomic mass is 16.5. The molecule has 0 radical (unpaired) electrons. The lowest BCUT2D eigenvalue weighted by Gasteiger charge is -2.38. The van der Waals surface area contributed by atoms with Crippen molar-refractivity contribution in [2.45, 2.75) is 31.9 Å². The molecule has 6 nitrogen and oxygen atoms in total. The number of rotatable bonds is 5. The number of piperidine rings is 1. The fourth-order valence-corrected chi connectivity index (χ4v) is 3.05. The van der Waals surface area contributed by atoms with Gasteiger partial charge >= 0.3 is 0 Å². The highest BCUT2D eigenvalue weighted by molar-refractivity contribution is 5.82. The van der Waals surface area contributed by atoms with Crippen LogP contribution in [0, 0.1) is 5.41 Å². The number of morpholine rings is 1. The maximum absolute atomic E-state index is 12.3. The molecular weight excluding hydrogens is 258 g/mol. The van der Waals surface area contributed by atoms with Crippen LogP contribution in [0.25, 0.3) is 0 Å². The van der Waals surface area contributed by atoms with E-state index in [1.165, 1.54) is 0 Å². The van der Waals surface area contributed by atoms with E-state index in [1.807, 2.05) is 6.92 Å². The van der Waals surface area contributed by atoms with Crippen LogP contribution in [-0.2, 0) is 14.3 Å². The summed E-state index contributed by atoms with van der Waals surface area (Å²) in [6.07, 6.45) is 1.99. The Bertz CT molecular complexity index is 313. The summed E-state index contributed by atoms with van der Waals surface area (Å²) in [5.41, 5.74) is 0.0639. The van der Waals surface area contributed by atoms with E-state index in [2.05, 4.69) is 16.0 Å². The maximum atomic E-state index is 12.3. The summed E-state index contributed by atoms with van der Waals surface area (Å²) in [5.74, 6) is 0.0335. The summed E-state index contributed by atoms with van der Waals surface area (Å²) in [7, 11) is 1.73. The molecule has 1 amide bonds. The van der Waals surface area contributed by atoms with Gasteiger partial charge in [0, 0.05) is 25.6 Å². The summed E-state index contributed by atoms with van der Waals surface area (Å²) in [4.78, 5) is 12.3. The van der Waals surface area contributed by atoms with E-state index in [9.17, 15) is 4.79 Å². The van der Waals surface area contributed by atoms with Crippen molar-refractivity contribution in [1.29, 1.82) is 0 Å². The molecule has 2 aliphatic rings. The number of carbonyl (C=O) groups is 1. The molecular formula is C14H27N3O3. The van der Waals surface area contributed by atoms with E-state index in [1.54, 1.807) is 7.11 Å². The second-order valence-electron chi connectivity index (χ2n) is 5.91. The van der Waals surface area contributed by atoms with Crippen LogP contribution in [-0.4, -0.2) is 64.6 Å². The number of hydrogen-bond donors (Lipinski definition) is 3. The minimum absolute atomic E-state index is 0.0335. The Morgan fingerprint density at radius 2 is 2.15 bits per heavy atom. The zero-order valence-corrected chi connectivity index (χ0v) is 12.5. The molecule has 2 rings (SSSR count). The Kier molecular flexibility index (Phi) is 5.77. The highest BCUT2D eigenvalue weighted by Gasteiger charge is 2.34. The minimum atomic E-state index is -0.245. The van der Waals surface area contributed by atoms with Crippen LogP contribution in [0.4, 0.5) is 0 Å². The maximum Gasteiger partial charge on any atom is 0.239 e. The zero-order chi connectivity index (χ0) is 14.4. The monoisotopic (exact) mass is 285 g/mol. The third-order valence-corrected chi connectivity index (χ3v) is 4.35. The Hall–Kier alpha value is -0.690. The number of carbonyl (C=O) groups excluding carboxylic acids is 1. The average Bonchev–Trinajstić information content (AvgIpc) is 2.47. The molecule has 0 unspecified atom stereocenters. The van der Waals surface area contributed by atoms with Crippen molar-refractivity contribution in [1.82, 2.24) is 16.0 Å². The quantitative estimate of drug-likeness (QED) is 0.635. The Labute approximate surface area is 121 Å². The van der Waals surface area contributed by atoms with Gasteiger partial charge in [-0.2, -0.15) is 0 Å². The first kappa shape index (κ1) is 15.7. The van der Waals surface area contributed by atoms with Gasteiger partial charge in [0.15, 0.2) is 0 Å². The molecule has 0 saturated carbocycles. The van der Waals surface area contributed by atoms with Crippen molar-refractivity contribution >= 4 is 5.91 Å². The molecule has 0 aliphatic carbocycles. The lowest BCUT2D eigenvalue weighted by atomic mass is 9.79. The lowest BCUT2D eigenvalue weighted by Crippen LogP contribution is -2.57. The zero-order valence-electron chi connectivity index (χ0n) is 12.5. The van der Waals surface area contributed by atoms with Gasteiger partial charge in [-0.05, 0) is 32.9 Å². The second-order valence-corrected chi connectivity index (χ2v) is 5.91. The second kappa shape index (κ2) is 7.36. The molecule has 0 bridgehead atoms. The van der Waals surface area contributed by atoms with Crippen LogP contribution >= 0.6 is 0 Å². The van der Waals surface area contributed by atoms with Crippen molar-refractivity contribution in [2.24, 2.45) is 5.41 Å². The third-order valence-electron chi connectivity index (χ3n) is 4.35. The molecule has 2 atom stereocenters. The number of amides is 1. The largest absolute Gasteiger partial charge is 0.384 e. The predicted octanol–water partition coefficient (Wildman–Crippen LogP) is -0.504. The van der Waals surface area contributed by atoms with E-state index < -0.39 is 0 Å². The number of hydrogen-bond acceptors (Lipinski definition) is 5. The molecule has 6 heteroatoms. The summed E-state index contributed by atoms with van der Waals surface area (Å²) in [5, 5.41) is 9.66. The molecule has 116 valence electrons. The predicted molar refractivity (Wildman–Crippen MR) is 76.6 cm³/mol. The molecule has 2 fully saturated rings. The summed E-state index contributed by atoms with van der Waals surface area (Å²) in [6.45, 7) is 6.68. The fraction of sp³-hybridized carbons (Fsp3) is 0.929. The van der Waals surface area contributed by atoms with E-state index in [-0.39, 0.29) is 23.5 Å². The summed E-state index contributed by atoms with van der Waals surface area (Å²) >= 11 is 0. The van der Waals surface area contributed by atoms with E-state index >= 15 is 0 Å². The average molecular weight is 285 g/mol. The molecule has 0 spiro atoms. The first-order chi connectivity index (χ1) is 9.67. The van der Waals surface area contributed by atoms with E-state index in [0.717, 1.165) is 32.5 Å². The van der Waals surface area contributed by atoms with Crippen molar-refractivity contribution in [3.8, 4) is 0 Å². The first-order valence-corrected chi connectivity index (χ1v) is 7.49. The van der Waals surface area contributed by atoms with E-state index in [4.69, 9.17) is 9.47 Å². The van der Waals surface area contributed by atoms with Crippen LogP contribution in [0.5, 0.6) is 0 Å². The van der Waals surface area contributed by atoms with Crippen molar-refractivity contribution in [3.63, 3.8) is 0 Å². The van der Waals surface area contributed by atoms with Gasteiger partial charge in [0.05, 0.1) is 19.3 Å². The Morgan fingerprint density at radius 3 is 2.80 bits per heavy atom.